The lowest BCUT2D eigenvalue weighted by atomic mass is 10.0. The zero-order valence-corrected chi connectivity index (χ0v) is 44.1. The fraction of sp³-hybridized carbons (Fsp3) is 1.00. The van der Waals surface area contributed by atoms with Crippen molar-refractivity contribution in [1.82, 2.24) is 10.2 Å². The molecule has 1 N–H and O–H groups in total. The lowest BCUT2D eigenvalue weighted by Gasteiger charge is -2.16. The molecule has 0 rings (SSSR count). The fourth-order valence-electron chi connectivity index (χ4n) is 9.20. The number of nitrogens with zero attached hydrogens (tertiary/aromatic N) is 1. The Kier molecular flexibility index (Phi) is 64.0. The molecule has 0 unspecified atom stereocenters. The van der Waals surface area contributed by atoms with Gasteiger partial charge in [-0.1, -0.05) is 323 Å². The molecule has 0 saturated carbocycles. The minimum Gasteiger partial charge on any atom is -0.317 e. The van der Waals surface area contributed by atoms with E-state index in [2.05, 4.69) is 45.0 Å². The smallest absolute Gasteiger partial charge is 0.00218 e. The van der Waals surface area contributed by atoms with Gasteiger partial charge < -0.3 is 10.2 Å². The Labute approximate surface area is 390 Å². The normalized spacial score (nSPS) is 11.5. The predicted molar refractivity (Wildman–Crippen MR) is 284 cm³/mol. The molecule has 0 heterocycles. The number of rotatable bonds is 54. The summed E-state index contributed by atoms with van der Waals surface area (Å²) in [6, 6.07) is 0. The molecule has 370 valence electrons. The molecular weight excluding hydrogens is 737 g/mol. The molecule has 0 bridgehead atoms. The summed E-state index contributed by atoms with van der Waals surface area (Å²) in [5.74, 6) is 0. The summed E-state index contributed by atoms with van der Waals surface area (Å²) in [5, 5.41) is 3.54. The fourth-order valence-corrected chi connectivity index (χ4v) is 9.20. The highest BCUT2D eigenvalue weighted by atomic mass is 15.1. The molecule has 2 nitrogen and oxygen atoms in total. The lowest BCUT2D eigenvalue weighted by molar-refractivity contribution is 0.314. The van der Waals surface area contributed by atoms with Crippen molar-refractivity contribution in [2.45, 2.75) is 349 Å². The van der Waals surface area contributed by atoms with Gasteiger partial charge in [-0.2, -0.15) is 0 Å². The summed E-state index contributed by atoms with van der Waals surface area (Å²) >= 11 is 0. The van der Waals surface area contributed by atoms with Crippen LogP contribution in [0.15, 0.2) is 0 Å². The van der Waals surface area contributed by atoms with Crippen LogP contribution in [0.4, 0.5) is 0 Å². The molecule has 0 aromatic rings. The van der Waals surface area contributed by atoms with E-state index < -0.39 is 0 Å². The molecule has 0 aromatic heterocycles. The van der Waals surface area contributed by atoms with E-state index >= 15 is 0 Å². The molecule has 0 aliphatic rings. The van der Waals surface area contributed by atoms with E-state index in [0.717, 1.165) is 0 Å². The predicted octanol–water partition coefficient (Wildman–Crippen LogP) is 21.1. The lowest BCUT2D eigenvalue weighted by Crippen LogP contribution is -2.20. The van der Waals surface area contributed by atoms with Gasteiger partial charge in [0.25, 0.3) is 0 Å². The van der Waals surface area contributed by atoms with Gasteiger partial charge in [0.1, 0.15) is 0 Å². The minimum atomic E-state index is 1.22. The first-order valence-corrected chi connectivity index (χ1v) is 29.6. The zero-order valence-electron chi connectivity index (χ0n) is 44.1. The monoisotopic (exact) mass is 861 g/mol. The van der Waals surface area contributed by atoms with Crippen LogP contribution >= 0.6 is 0 Å². The van der Waals surface area contributed by atoms with Crippen molar-refractivity contribution in [3.63, 3.8) is 0 Å². The van der Waals surface area contributed by atoms with Crippen molar-refractivity contribution in [2.75, 3.05) is 33.2 Å². The van der Waals surface area contributed by atoms with Crippen molar-refractivity contribution in [3.8, 4) is 0 Å². The summed E-state index contributed by atoms with van der Waals surface area (Å²) in [6.07, 6.45) is 72.8. The molecule has 0 saturated heterocycles. The molecule has 2 heteroatoms. The van der Waals surface area contributed by atoms with Crippen LogP contribution < -0.4 is 5.32 Å². The summed E-state index contributed by atoms with van der Waals surface area (Å²) < 4.78 is 0. The highest BCUT2D eigenvalue weighted by Crippen LogP contribution is 2.17. The quantitative estimate of drug-likeness (QED) is 0.0613. The Morgan fingerprint density at radius 3 is 0.574 bits per heavy atom. The maximum atomic E-state index is 3.54. The Morgan fingerprint density at radius 2 is 0.361 bits per heavy atom. The molecule has 0 aliphatic heterocycles. The molecule has 0 amide bonds. The SMILES string of the molecule is CCCCCCCCCCCCCCCCCCN(C)CCCCCCCCCCCCCCCCCC.CCCCCCCCCCCCCCCCCCNCCCC. The van der Waals surface area contributed by atoms with Crippen molar-refractivity contribution in [3.05, 3.63) is 0 Å². The summed E-state index contributed by atoms with van der Waals surface area (Å²) in [4.78, 5) is 2.59. The van der Waals surface area contributed by atoms with Gasteiger partial charge in [-0.3, -0.25) is 0 Å². The highest BCUT2D eigenvalue weighted by Gasteiger charge is 2.01. The number of nitrogens with one attached hydrogen (secondary N) is 1. The van der Waals surface area contributed by atoms with Crippen LogP contribution in [0.5, 0.6) is 0 Å². The third-order valence-corrected chi connectivity index (χ3v) is 13.7. The van der Waals surface area contributed by atoms with Crippen LogP contribution in [-0.4, -0.2) is 38.1 Å². The second-order valence-corrected chi connectivity index (χ2v) is 20.3. The first-order chi connectivity index (χ1) is 30.2. The van der Waals surface area contributed by atoms with Crippen molar-refractivity contribution in [2.24, 2.45) is 0 Å². The first-order valence-electron chi connectivity index (χ1n) is 29.6. The highest BCUT2D eigenvalue weighted by molar-refractivity contribution is 4.57. The van der Waals surface area contributed by atoms with Crippen LogP contribution in [0, 0.1) is 0 Å². The van der Waals surface area contributed by atoms with Gasteiger partial charge >= 0.3 is 0 Å². The zero-order chi connectivity index (χ0) is 44.5. The summed E-state index contributed by atoms with van der Waals surface area (Å²) in [5.41, 5.74) is 0. The van der Waals surface area contributed by atoms with Crippen LogP contribution in [0.2, 0.25) is 0 Å². The molecule has 0 aromatic carbocycles. The second kappa shape index (κ2) is 62.0. The third kappa shape index (κ3) is 64.3. The molecule has 0 spiro atoms. The Hall–Kier alpha value is -0.0800. The van der Waals surface area contributed by atoms with Gasteiger partial charge in [0, 0.05) is 0 Å². The second-order valence-electron chi connectivity index (χ2n) is 20.3. The average molecular weight is 862 g/mol. The Morgan fingerprint density at radius 1 is 0.197 bits per heavy atom. The number of hydrogen-bond donors (Lipinski definition) is 1. The van der Waals surface area contributed by atoms with E-state index in [4.69, 9.17) is 0 Å². The molecular formula is C59H124N2. The average Bonchev–Trinajstić information content (AvgIpc) is 3.27. The number of hydrogen-bond acceptors (Lipinski definition) is 2. The van der Waals surface area contributed by atoms with E-state index in [1.165, 1.54) is 347 Å². The van der Waals surface area contributed by atoms with Crippen LogP contribution in [0.1, 0.15) is 349 Å². The first kappa shape index (κ1) is 63.0. The molecule has 0 atom stereocenters. The van der Waals surface area contributed by atoms with Gasteiger partial charge in [0.15, 0.2) is 0 Å². The van der Waals surface area contributed by atoms with Gasteiger partial charge in [-0.25, -0.2) is 0 Å². The van der Waals surface area contributed by atoms with Gasteiger partial charge in [-0.05, 0) is 58.9 Å². The van der Waals surface area contributed by atoms with Crippen LogP contribution in [0.3, 0.4) is 0 Å². The maximum Gasteiger partial charge on any atom is -0.00218 e. The van der Waals surface area contributed by atoms with Crippen LogP contribution in [0.25, 0.3) is 0 Å². The van der Waals surface area contributed by atoms with Gasteiger partial charge in [0.05, 0.1) is 0 Å². The van der Waals surface area contributed by atoms with Gasteiger partial charge in [0.2, 0.25) is 0 Å². The van der Waals surface area contributed by atoms with E-state index in [9.17, 15) is 0 Å². The summed E-state index contributed by atoms with van der Waals surface area (Å²) in [6.45, 7) is 14.3. The molecule has 0 aliphatic carbocycles. The summed E-state index contributed by atoms with van der Waals surface area (Å²) in [7, 11) is 2.34. The Bertz CT molecular complexity index is 636. The molecule has 61 heavy (non-hydrogen) atoms. The van der Waals surface area contributed by atoms with Crippen LogP contribution in [-0.2, 0) is 0 Å². The van der Waals surface area contributed by atoms with Crippen molar-refractivity contribution < 1.29 is 0 Å². The maximum absolute atomic E-state index is 3.54. The topological polar surface area (TPSA) is 15.3 Å². The largest absolute Gasteiger partial charge is 0.317 e. The third-order valence-electron chi connectivity index (χ3n) is 13.7. The van der Waals surface area contributed by atoms with E-state index in [1.54, 1.807) is 0 Å². The van der Waals surface area contributed by atoms with Crippen molar-refractivity contribution >= 4 is 0 Å². The number of unbranched alkanes of at least 4 members (excludes halogenated alkanes) is 46. The standard InChI is InChI=1S/C37H77N.C22H47N/c1-4-6-8-10-12-14-16-18-20-22-24-26-28-30-32-34-36-38(3)37-35-33-31-29-27-25-23-21-19-17-15-13-11-9-7-5-2;1-3-5-7-8-9-10-11-12-13-14-15-16-17-18-19-20-22-23-21-6-4-2/h4-37H2,1-3H3;23H,3-22H2,1-2H3. The van der Waals surface area contributed by atoms with Gasteiger partial charge in [-0.15, -0.1) is 0 Å². The Balaban J connectivity index is 0. The van der Waals surface area contributed by atoms with Crippen molar-refractivity contribution in [1.29, 1.82) is 0 Å². The minimum absolute atomic E-state index is 1.22. The molecule has 0 radical (unpaired) electrons. The molecule has 0 fully saturated rings. The van der Waals surface area contributed by atoms with E-state index in [1.807, 2.05) is 0 Å². The van der Waals surface area contributed by atoms with E-state index in [-0.39, 0.29) is 0 Å². The van der Waals surface area contributed by atoms with E-state index in [0.29, 0.717) is 0 Å².